The van der Waals surface area contributed by atoms with Crippen molar-refractivity contribution in [1.29, 1.82) is 0 Å². The number of para-hydroxylation sites is 1. The molecule has 2 aromatic heterocycles. The lowest BCUT2D eigenvalue weighted by Crippen LogP contribution is -2.17. The first-order valence-electron chi connectivity index (χ1n) is 17.6. The molecule has 0 N–H and O–H groups in total. The molecule has 0 spiro atoms. The standard InChI is InChI=1S/C48H34O2/c1-47(2)37-14-7-5-13-32(37)45-38(47)19-20-39-46(45)33-18-16-30(24-40(33)48(39,3)4)28-11-9-10-27(22-28)29-17-21-42-34(23-29)36-25-35-31-12-6-8-15-41(31)49-43(35)26-44(36)50-42/h5-26H,1-4H3. The Bertz CT molecular complexity index is 2930. The van der Waals surface area contributed by atoms with E-state index in [1.807, 2.05) is 18.2 Å². The number of fused-ring (bicyclic) bond motifs is 13. The molecule has 50 heavy (non-hydrogen) atoms. The van der Waals surface area contributed by atoms with Gasteiger partial charge in [-0.3, -0.25) is 0 Å². The molecule has 238 valence electrons. The monoisotopic (exact) mass is 642 g/mol. The number of benzene rings is 7. The summed E-state index contributed by atoms with van der Waals surface area (Å²) in [4.78, 5) is 0. The molecule has 2 aliphatic carbocycles. The van der Waals surface area contributed by atoms with Gasteiger partial charge in [0.05, 0.1) is 0 Å². The average Bonchev–Trinajstić information content (AvgIpc) is 3.82. The minimum atomic E-state index is -0.103. The van der Waals surface area contributed by atoms with Crippen LogP contribution in [-0.2, 0) is 10.8 Å². The van der Waals surface area contributed by atoms with Crippen LogP contribution in [0.3, 0.4) is 0 Å². The van der Waals surface area contributed by atoms with Gasteiger partial charge in [-0.1, -0.05) is 119 Å². The van der Waals surface area contributed by atoms with Crippen molar-refractivity contribution >= 4 is 43.9 Å². The summed E-state index contributed by atoms with van der Waals surface area (Å²) in [5.41, 5.74) is 19.5. The van der Waals surface area contributed by atoms with Crippen molar-refractivity contribution in [2.75, 3.05) is 0 Å². The molecule has 7 aromatic carbocycles. The second-order valence-electron chi connectivity index (χ2n) is 15.3. The number of hydrogen-bond donors (Lipinski definition) is 0. The minimum absolute atomic E-state index is 0.0140. The zero-order valence-corrected chi connectivity index (χ0v) is 28.5. The van der Waals surface area contributed by atoms with Gasteiger partial charge in [-0.25, -0.2) is 0 Å². The van der Waals surface area contributed by atoms with Crippen LogP contribution < -0.4 is 0 Å². The van der Waals surface area contributed by atoms with Gasteiger partial charge in [-0.05, 0) is 103 Å². The third kappa shape index (κ3) is 3.58. The maximum absolute atomic E-state index is 6.33. The summed E-state index contributed by atoms with van der Waals surface area (Å²) in [5.74, 6) is 0. The van der Waals surface area contributed by atoms with Crippen molar-refractivity contribution in [3.63, 3.8) is 0 Å². The molecule has 0 saturated heterocycles. The van der Waals surface area contributed by atoms with Gasteiger partial charge in [0.2, 0.25) is 0 Å². The van der Waals surface area contributed by atoms with Crippen molar-refractivity contribution in [1.82, 2.24) is 0 Å². The van der Waals surface area contributed by atoms with Gasteiger partial charge in [0.15, 0.2) is 0 Å². The fourth-order valence-electron chi connectivity index (χ4n) is 9.25. The highest BCUT2D eigenvalue weighted by atomic mass is 16.3. The molecule has 2 heterocycles. The van der Waals surface area contributed by atoms with Crippen LogP contribution in [-0.4, -0.2) is 0 Å². The van der Waals surface area contributed by atoms with Crippen LogP contribution in [0, 0.1) is 0 Å². The Balaban J connectivity index is 1.02. The van der Waals surface area contributed by atoms with E-state index in [0.29, 0.717) is 0 Å². The summed E-state index contributed by atoms with van der Waals surface area (Å²) in [6.45, 7) is 9.52. The predicted molar refractivity (Wildman–Crippen MR) is 207 cm³/mol. The highest BCUT2D eigenvalue weighted by Crippen LogP contribution is 2.59. The SMILES string of the molecule is CC1(C)c2ccccc2-c2c1ccc1c2-c2ccc(-c3cccc(-c4ccc5oc6cc7oc8ccccc8c7cc6c5c4)c3)cc2C1(C)C. The summed E-state index contributed by atoms with van der Waals surface area (Å²) in [5, 5.41) is 4.46. The van der Waals surface area contributed by atoms with E-state index in [1.165, 1.54) is 66.8 Å². The Morgan fingerprint density at radius 2 is 0.900 bits per heavy atom. The first-order chi connectivity index (χ1) is 24.3. The van der Waals surface area contributed by atoms with Gasteiger partial charge in [0, 0.05) is 38.4 Å². The second kappa shape index (κ2) is 9.43. The van der Waals surface area contributed by atoms with Crippen molar-refractivity contribution in [2.24, 2.45) is 0 Å². The lowest BCUT2D eigenvalue weighted by Gasteiger charge is -2.24. The van der Waals surface area contributed by atoms with E-state index in [-0.39, 0.29) is 10.8 Å². The van der Waals surface area contributed by atoms with Crippen molar-refractivity contribution in [2.45, 2.75) is 38.5 Å². The second-order valence-corrected chi connectivity index (χ2v) is 15.3. The van der Waals surface area contributed by atoms with E-state index in [2.05, 4.69) is 143 Å². The molecular weight excluding hydrogens is 609 g/mol. The van der Waals surface area contributed by atoms with E-state index < -0.39 is 0 Å². The van der Waals surface area contributed by atoms with Gasteiger partial charge in [-0.15, -0.1) is 0 Å². The predicted octanol–water partition coefficient (Wildman–Crippen LogP) is 13.4. The molecule has 0 unspecified atom stereocenters. The largest absolute Gasteiger partial charge is 0.456 e. The molecular formula is C48H34O2. The van der Waals surface area contributed by atoms with Crippen LogP contribution in [0.2, 0.25) is 0 Å². The summed E-state index contributed by atoms with van der Waals surface area (Å²) < 4.78 is 12.5. The topological polar surface area (TPSA) is 26.3 Å². The smallest absolute Gasteiger partial charge is 0.139 e. The first-order valence-corrected chi connectivity index (χ1v) is 17.6. The summed E-state index contributed by atoms with van der Waals surface area (Å²) in [7, 11) is 0. The van der Waals surface area contributed by atoms with E-state index in [4.69, 9.17) is 8.83 Å². The molecule has 11 rings (SSSR count). The van der Waals surface area contributed by atoms with E-state index in [9.17, 15) is 0 Å². The Morgan fingerprint density at radius 1 is 0.340 bits per heavy atom. The Labute approximate surface area is 290 Å². The third-order valence-electron chi connectivity index (χ3n) is 11.9. The lowest BCUT2D eigenvalue weighted by atomic mass is 9.79. The van der Waals surface area contributed by atoms with Gasteiger partial charge >= 0.3 is 0 Å². The maximum atomic E-state index is 6.33. The van der Waals surface area contributed by atoms with Crippen LogP contribution in [0.25, 0.3) is 88.4 Å². The van der Waals surface area contributed by atoms with Gasteiger partial charge in [-0.2, -0.15) is 0 Å². The molecule has 0 saturated carbocycles. The first kappa shape index (κ1) is 28.0. The van der Waals surface area contributed by atoms with Crippen LogP contribution >= 0.6 is 0 Å². The highest BCUT2D eigenvalue weighted by molar-refractivity contribution is 6.15. The van der Waals surface area contributed by atoms with Gasteiger partial charge in [0.25, 0.3) is 0 Å². The minimum Gasteiger partial charge on any atom is -0.456 e. The zero-order chi connectivity index (χ0) is 33.5. The zero-order valence-electron chi connectivity index (χ0n) is 28.5. The summed E-state index contributed by atoms with van der Waals surface area (Å²) in [6.07, 6.45) is 0. The Hall–Kier alpha value is -5.86. The molecule has 0 radical (unpaired) electrons. The van der Waals surface area contributed by atoms with E-state index in [0.717, 1.165) is 43.9 Å². The average molecular weight is 643 g/mol. The summed E-state index contributed by atoms with van der Waals surface area (Å²) >= 11 is 0. The van der Waals surface area contributed by atoms with Crippen LogP contribution in [0.4, 0.5) is 0 Å². The molecule has 2 aliphatic rings. The van der Waals surface area contributed by atoms with E-state index in [1.54, 1.807) is 0 Å². The van der Waals surface area contributed by atoms with Gasteiger partial charge in [0.1, 0.15) is 22.3 Å². The Morgan fingerprint density at radius 3 is 1.68 bits per heavy atom. The molecule has 0 aliphatic heterocycles. The lowest BCUT2D eigenvalue weighted by molar-refractivity contribution is 0.651. The Kier molecular flexibility index (Phi) is 5.28. The maximum Gasteiger partial charge on any atom is 0.139 e. The summed E-state index contributed by atoms with van der Waals surface area (Å²) in [6, 6.07) is 48.9. The normalized spacial score (nSPS) is 15.1. The third-order valence-corrected chi connectivity index (χ3v) is 11.9. The molecule has 2 nitrogen and oxygen atoms in total. The molecule has 0 amide bonds. The fraction of sp³-hybridized carbons (Fsp3) is 0.125. The van der Waals surface area contributed by atoms with Gasteiger partial charge < -0.3 is 8.83 Å². The number of rotatable bonds is 2. The van der Waals surface area contributed by atoms with Crippen molar-refractivity contribution in [3.05, 3.63) is 156 Å². The number of hydrogen-bond acceptors (Lipinski definition) is 2. The van der Waals surface area contributed by atoms with Crippen molar-refractivity contribution in [3.8, 4) is 44.5 Å². The fourth-order valence-corrected chi connectivity index (χ4v) is 9.25. The van der Waals surface area contributed by atoms with Crippen LogP contribution in [0.1, 0.15) is 49.9 Å². The molecule has 2 heteroatoms. The van der Waals surface area contributed by atoms with Crippen LogP contribution in [0.15, 0.2) is 142 Å². The quantitative estimate of drug-likeness (QED) is 0.188. The number of furan rings is 2. The van der Waals surface area contributed by atoms with Crippen molar-refractivity contribution < 1.29 is 8.83 Å². The van der Waals surface area contributed by atoms with E-state index >= 15 is 0 Å². The molecule has 0 bridgehead atoms. The molecule has 9 aromatic rings. The van der Waals surface area contributed by atoms with Crippen LogP contribution in [0.5, 0.6) is 0 Å². The highest BCUT2D eigenvalue weighted by Gasteiger charge is 2.43. The molecule has 0 fully saturated rings. The molecule has 0 atom stereocenters.